The van der Waals surface area contributed by atoms with Crippen LogP contribution in [-0.4, -0.2) is 17.0 Å². The van der Waals surface area contributed by atoms with Crippen molar-refractivity contribution in [2.75, 3.05) is 6.54 Å². The number of carbonyl (C=O) groups excluding carboxylic acids is 1. The van der Waals surface area contributed by atoms with Crippen LogP contribution in [0, 0.1) is 6.92 Å². The van der Waals surface area contributed by atoms with Crippen molar-refractivity contribution in [3.8, 4) is 0 Å². The van der Waals surface area contributed by atoms with Crippen molar-refractivity contribution in [1.29, 1.82) is 0 Å². The Kier molecular flexibility index (Phi) is 5.24. The maximum Gasteiger partial charge on any atom is 0.251 e. The highest BCUT2D eigenvalue weighted by Gasteiger charge is 2.14. The molecule has 0 unspecified atom stereocenters. The number of hydrogen-bond donors (Lipinski definition) is 1. The Hall–Kier alpha value is -3.33. The van der Waals surface area contributed by atoms with Crippen LogP contribution in [-0.2, 0) is 13.0 Å². The lowest BCUT2D eigenvalue weighted by Crippen LogP contribution is -2.25. The zero-order valence-corrected chi connectivity index (χ0v) is 16.1. The zero-order valence-electron chi connectivity index (χ0n) is 16.1. The van der Waals surface area contributed by atoms with E-state index in [1.807, 2.05) is 36.4 Å². The molecule has 0 aliphatic rings. The van der Waals surface area contributed by atoms with Gasteiger partial charge in [0.2, 0.25) is 0 Å². The summed E-state index contributed by atoms with van der Waals surface area (Å²) in [5.74, 6) is -0.0220. The highest BCUT2D eigenvalue weighted by atomic mass is 16.1. The molecule has 0 radical (unpaired) electrons. The van der Waals surface area contributed by atoms with Gasteiger partial charge in [0.05, 0.1) is 0 Å². The van der Waals surface area contributed by atoms with E-state index < -0.39 is 0 Å². The van der Waals surface area contributed by atoms with E-state index in [0.29, 0.717) is 12.1 Å². The van der Waals surface area contributed by atoms with Crippen molar-refractivity contribution in [2.45, 2.75) is 19.9 Å². The van der Waals surface area contributed by atoms with E-state index >= 15 is 0 Å². The summed E-state index contributed by atoms with van der Waals surface area (Å²) in [6.45, 7) is 3.65. The highest BCUT2D eigenvalue weighted by Crippen LogP contribution is 2.27. The molecule has 0 saturated heterocycles. The number of fused-ring (bicyclic) bond motifs is 1. The molecule has 140 valence electrons. The molecular formula is C25H24N2O. The van der Waals surface area contributed by atoms with Crippen LogP contribution in [0.4, 0.5) is 0 Å². The number of amides is 1. The van der Waals surface area contributed by atoms with E-state index in [4.69, 9.17) is 0 Å². The van der Waals surface area contributed by atoms with Crippen molar-refractivity contribution in [3.05, 3.63) is 107 Å². The molecule has 0 bridgehead atoms. The first kappa shape index (κ1) is 18.1. The van der Waals surface area contributed by atoms with Gasteiger partial charge in [-0.05, 0) is 42.7 Å². The van der Waals surface area contributed by atoms with Gasteiger partial charge in [-0.25, -0.2) is 0 Å². The van der Waals surface area contributed by atoms with Gasteiger partial charge in [0.15, 0.2) is 0 Å². The van der Waals surface area contributed by atoms with Gasteiger partial charge in [-0.15, -0.1) is 0 Å². The highest BCUT2D eigenvalue weighted by molar-refractivity contribution is 5.94. The number of rotatable bonds is 6. The summed E-state index contributed by atoms with van der Waals surface area (Å²) < 4.78 is 2.37. The molecule has 1 N–H and O–H groups in total. The topological polar surface area (TPSA) is 34.0 Å². The first-order valence-corrected chi connectivity index (χ1v) is 9.68. The summed E-state index contributed by atoms with van der Waals surface area (Å²) in [7, 11) is 0. The van der Waals surface area contributed by atoms with Gasteiger partial charge in [0.1, 0.15) is 0 Å². The maximum atomic E-state index is 12.3. The van der Waals surface area contributed by atoms with Crippen molar-refractivity contribution in [3.63, 3.8) is 0 Å². The third kappa shape index (κ3) is 3.70. The standard InChI is InChI=1S/C25H24N2O/c1-19-22(16-17-26-25(28)21-12-6-3-7-13-21)23-14-8-9-15-24(23)27(19)18-20-10-4-2-5-11-20/h2-15H,16-18H2,1H3,(H,26,28). The van der Waals surface area contributed by atoms with E-state index in [0.717, 1.165) is 13.0 Å². The van der Waals surface area contributed by atoms with Gasteiger partial charge in [0, 0.05) is 35.2 Å². The minimum atomic E-state index is -0.0220. The van der Waals surface area contributed by atoms with E-state index in [1.165, 1.54) is 27.7 Å². The molecular weight excluding hydrogens is 344 g/mol. The summed E-state index contributed by atoms with van der Waals surface area (Å²) in [6, 6.07) is 28.4. The van der Waals surface area contributed by atoms with E-state index in [2.05, 4.69) is 65.3 Å². The molecule has 4 aromatic rings. The second-order valence-electron chi connectivity index (χ2n) is 7.02. The molecule has 0 aliphatic carbocycles. The quantitative estimate of drug-likeness (QED) is 0.512. The molecule has 4 rings (SSSR count). The van der Waals surface area contributed by atoms with Crippen molar-refractivity contribution in [2.24, 2.45) is 0 Å². The molecule has 28 heavy (non-hydrogen) atoms. The van der Waals surface area contributed by atoms with Gasteiger partial charge < -0.3 is 9.88 Å². The smallest absolute Gasteiger partial charge is 0.251 e. The molecule has 0 fully saturated rings. The number of aromatic nitrogens is 1. The number of para-hydroxylation sites is 1. The van der Waals surface area contributed by atoms with E-state index in [-0.39, 0.29) is 5.91 Å². The van der Waals surface area contributed by atoms with Crippen LogP contribution >= 0.6 is 0 Å². The minimum Gasteiger partial charge on any atom is -0.352 e. The maximum absolute atomic E-state index is 12.3. The van der Waals surface area contributed by atoms with Crippen LogP contribution in [0.25, 0.3) is 10.9 Å². The Bertz CT molecular complexity index is 1080. The number of carbonyl (C=O) groups is 1. The average molecular weight is 368 g/mol. The molecule has 1 amide bonds. The van der Waals surface area contributed by atoms with Crippen LogP contribution in [0.2, 0.25) is 0 Å². The second kappa shape index (κ2) is 8.13. The first-order chi connectivity index (χ1) is 13.7. The fourth-order valence-electron chi connectivity index (χ4n) is 3.78. The van der Waals surface area contributed by atoms with Crippen LogP contribution in [0.5, 0.6) is 0 Å². The Morgan fingerprint density at radius 2 is 1.50 bits per heavy atom. The molecule has 0 aliphatic heterocycles. The average Bonchev–Trinajstić information content (AvgIpc) is 3.01. The van der Waals surface area contributed by atoms with Gasteiger partial charge in [-0.2, -0.15) is 0 Å². The van der Waals surface area contributed by atoms with Gasteiger partial charge >= 0.3 is 0 Å². The predicted molar refractivity (Wildman–Crippen MR) is 115 cm³/mol. The molecule has 3 aromatic carbocycles. The summed E-state index contributed by atoms with van der Waals surface area (Å²) in [6.07, 6.45) is 0.812. The molecule has 1 aromatic heterocycles. The lowest BCUT2D eigenvalue weighted by Gasteiger charge is -2.09. The zero-order chi connectivity index (χ0) is 19.3. The normalized spacial score (nSPS) is 10.9. The van der Waals surface area contributed by atoms with Crippen LogP contribution < -0.4 is 5.32 Å². The summed E-state index contributed by atoms with van der Waals surface area (Å²) in [5, 5.41) is 4.32. The number of nitrogens with one attached hydrogen (secondary N) is 1. The number of hydrogen-bond acceptors (Lipinski definition) is 1. The molecule has 3 nitrogen and oxygen atoms in total. The number of benzene rings is 3. The van der Waals surface area contributed by atoms with Gasteiger partial charge in [0.25, 0.3) is 5.91 Å². The lowest BCUT2D eigenvalue weighted by molar-refractivity contribution is 0.0954. The molecule has 0 atom stereocenters. The molecule has 0 saturated carbocycles. The Morgan fingerprint density at radius 3 is 2.25 bits per heavy atom. The monoisotopic (exact) mass is 368 g/mol. The minimum absolute atomic E-state index is 0.0220. The van der Waals surface area contributed by atoms with E-state index in [9.17, 15) is 4.79 Å². The molecule has 0 spiro atoms. The molecule has 1 heterocycles. The largest absolute Gasteiger partial charge is 0.352 e. The SMILES string of the molecule is Cc1c(CCNC(=O)c2ccccc2)c2ccccc2n1Cc1ccccc1. The number of nitrogens with zero attached hydrogens (tertiary/aromatic N) is 1. The summed E-state index contributed by atoms with van der Waals surface area (Å²) >= 11 is 0. The van der Waals surface area contributed by atoms with Gasteiger partial charge in [-0.3, -0.25) is 4.79 Å². The Morgan fingerprint density at radius 1 is 0.857 bits per heavy atom. The lowest BCUT2D eigenvalue weighted by atomic mass is 10.1. The third-order valence-corrected chi connectivity index (χ3v) is 5.24. The van der Waals surface area contributed by atoms with Crippen LogP contribution in [0.15, 0.2) is 84.9 Å². The fraction of sp³-hybridized carbons (Fsp3) is 0.160. The summed E-state index contributed by atoms with van der Waals surface area (Å²) in [5.41, 5.74) is 5.80. The Balaban J connectivity index is 1.55. The van der Waals surface area contributed by atoms with Crippen LogP contribution in [0.1, 0.15) is 27.2 Å². The van der Waals surface area contributed by atoms with Crippen LogP contribution in [0.3, 0.4) is 0 Å². The fourth-order valence-corrected chi connectivity index (χ4v) is 3.78. The first-order valence-electron chi connectivity index (χ1n) is 9.68. The van der Waals surface area contributed by atoms with E-state index in [1.54, 1.807) is 0 Å². The van der Waals surface area contributed by atoms with Gasteiger partial charge in [-0.1, -0.05) is 66.7 Å². The van der Waals surface area contributed by atoms with Crippen molar-refractivity contribution >= 4 is 16.8 Å². The Labute approximate surface area is 165 Å². The second-order valence-corrected chi connectivity index (χ2v) is 7.02. The third-order valence-electron chi connectivity index (χ3n) is 5.24. The summed E-state index contributed by atoms with van der Waals surface area (Å²) in [4.78, 5) is 12.3. The molecule has 3 heteroatoms. The predicted octanol–water partition coefficient (Wildman–Crippen LogP) is 4.97. The van der Waals surface area contributed by atoms with Crippen molar-refractivity contribution < 1.29 is 4.79 Å². The van der Waals surface area contributed by atoms with Crippen molar-refractivity contribution in [1.82, 2.24) is 9.88 Å².